The Morgan fingerprint density at radius 1 is 1.44 bits per heavy atom. The summed E-state index contributed by atoms with van der Waals surface area (Å²) in [6, 6.07) is -0.0592. The predicted molar refractivity (Wildman–Crippen MR) is 60.1 cm³/mol. The second-order valence-corrected chi connectivity index (χ2v) is 4.48. The summed E-state index contributed by atoms with van der Waals surface area (Å²) in [5, 5.41) is 11.6. The number of hydrogen-bond donors (Lipinski definition) is 2. The number of nitrogens with one attached hydrogen (secondary N) is 1. The number of carbonyl (C=O) groups is 2. The van der Waals surface area contributed by atoms with Crippen molar-refractivity contribution in [1.82, 2.24) is 10.2 Å². The van der Waals surface area contributed by atoms with Crippen molar-refractivity contribution in [2.75, 3.05) is 13.1 Å². The molecular formula is C11H20N2O3. The van der Waals surface area contributed by atoms with Gasteiger partial charge >= 0.3 is 5.97 Å². The van der Waals surface area contributed by atoms with E-state index in [2.05, 4.69) is 5.32 Å². The fraction of sp³-hybridized carbons (Fsp3) is 0.818. The van der Waals surface area contributed by atoms with E-state index >= 15 is 0 Å². The molecule has 0 bridgehead atoms. The van der Waals surface area contributed by atoms with E-state index in [9.17, 15) is 9.59 Å². The van der Waals surface area contributed by atoms with E-state index < -0.39 is 5.97 Å². The van der Waals surface area contributed by atoms with Crippen molar-refractivity contribution >= 4 is 11.9 Å². The second kappa shape index (κ2) is 5.30. The van der Waals surface area contributed by atoms with Crippen LogP contribution in [-0.4, -0.2) is 47.1 Å². The van der Waals surface area contributed by atoms with Crippen molar-refractivity contribution in [3.05, 3.63) is 0 Å². The highest BCUT2D eigenvalue weighted by Gasteiger charge is 2.37. The van der Waals surface area contributed by atoms with Gasteiger partial charge in [0.2, 0.25) is 5.91 Å². The first kappa shape index (κ1) is 13.0. The molecule has 0 aromatic heterocycles. The molecule has 2 unspecified atom stereocenters. The average molecular weight is 228 g/mol. The van der Waals surface area contributed by atoms with Gasteiger partial charge in [-0.05, 0) is 20.3 Å². The SMILES string of the molecule is CCC(C)NC(=O)C(C)N1CC(C(=O)O)C1. The Morgan fingerprint density at radius 3 is 2.44 bits per heavy atom. The van der Waals surface area contributed by atoms with Crippen LogP contribution in [0, 0.1) is 5.92 Å². The predicted octanol–water partition coefficient (Wildman–Crippen LogP) is 0.306. The van der Waals surface area contributed by atoms with Crippen molar-refractivity contribution in [2.24, 2.45) is 5.92 Å². The summed E-state index contributed by atoms with van der Waals surface area (Å²) in [5.74, 6) is -1.09. The van der Waals surface area contributed by atoms with Crippen LogP contribution in [0.3, 0.4) is 0 Å². The van der Waals surface area contributed by atoms with E-state index in [0.717, 1.165) is 6.42 Å². The minimum atomic E-state index is -0.772. The van der Waals surface area contributed by atoms with Crippen LogP contribution in [0.5, 0.6) is 0 Å². The van der Waals surface area contributed by atoms with E-state index in [0.29, 0.717) is 13.1 Å². The number of carboxylic acids is 1. The number of carboxylic acid groups (broad SMARTS) is 1. The summed E-state index contributed by atoms with van der Waals surface area (Å²) >= 11 is 0. The molecule has 1 fully saturated rings. The number of rotatable bonds is 5. The summed E-state index contributed by atoms with van der Waals surface area (Å²) in [5.41, 5.74) is 0. The molecule has 0 saturated carbocycles. The zero-order valence-electron chi connectivity index (χ0n) is 10.1. The molecule has 0 radical (unpaired) electrons. The molecule has 2 atom stereocenters. The van der Waals surface area contributed by atoms with Gasteiger partial charge in [0.25, 0.3) is 0 Å². The van der Waals surface area contributed by atoms with Crippen LogP contribution >= 0.6 is 0 Å². The third kappa shape index (κ3) is 2.95. The minimum Gasteiger partial charge on any atom is -0.481 e. The number of carbonyl (C=O) groups excluding carboxylic acids is 1. The van der Waals surface area contributed by atoms with Gasteiger partial charge in [-0.1, -0.05) is 6.92 Å². The Bertz CT molecular complexity index is 274. The van der Waals surface area contributed by atoms with Crippen LogP contribution < -0.4 is 5.32 Å². The lowest BCUT2D eigenvalue weighted by atomic mass is 9.98. The van der Waals surface area contributed by atoms with E-state index in [1.807, 2.05) is 25.7 Å². The molecule has 1 saturated heterocycles. The van der Waals surface area contributed by atoms with E-state index in [-0.39, 0.29) is 23.9 Å². The Morgan fingerprint density at radius 2 is 2.00 bits per heavy atom. The summed E-state index contributed by atoms with van der Waals surface area (Å²) in [6.07, 6.45) is 0.899. The summed E-state index contributed by atoms with van der Waals surface area (Å²) in [6.45, 7) is 6.74. The molecule has 0 aromatic carbocycles. The summed E-state index contributed by atoms with van der Waals surface area (Å²) < 4.78 is 0. The third-order valence-corrected chi connectivity index (χ3v) is 3.19. The molecule has 1 aliphatic heterocycles. The molecule has 16 heavy (non-hydrogen) atoms. The van der Waals surface area contributed by atoms with Gasteiger partial charge in [0.05, 0.1) is 12.0 Å². The van der Waals surface area contributed by atoms with E-state index in [1.165, 1.54) is 0 Å². The zero-order chi connectivity index (χ0) is 12.3. The molecular weight excluding hydrogens is 208 g/mol. The summed E-state index contributed by atoms with van der Waals surface area (Å²) in [7, 11) is 0. The molecule has 0 aromatic rings. The van der Waals surface area contributed by atoms with Crippen LogP contribution in [0.15, 0.2) is 0 Å². The van der Waals surface area contributed by atoms with Gasteiger partial charge in [0, 0.05) is 19.1 Å². The Kier molecular flexibility index (Phi) is 4.29. The first-order chi connectivity index (χ1) is 7.45. The maximum Gasteiger partial charge on any atom is 0.309 e. The van der Waals surface area contributed by atoms with Gasteiger partial charge in [0.15, 0.2) is 0 Å². The molecule has 1 rings (SSSR count). The molecule has 1 aliphatic rings. The van der Waals surface area contributed by atoms with Gasteiger partial charge < -0.3 is 10.4 Å². The maximum absolute atomic E-state index is 11.7. The minimum absolute atomic E-state index is 0.0156. The quantitative estimate of drug-likeness (QED) is 0.710. The molecule has 5 heteroatoms. The van der Waals surface area contributed by atoms with Crippen molar-refractivity contribution < 1.29 is 14.7 Å². The monoisotopic (exact) mass is 228 g/mol. The lowest BCUT2D eigenvalue weighted by Crippen LogP contribution is -2.58. The van der Waals surface area contributed by atoms with Gasteiger partial charge in [-0.2, -0.15) is 0 Å². The molecule has 2 N–H and O–H groups in total. The van der Waals surface area contributed by atoms with E-state index in [1.54, 1.807) is 0 Å². The molecule has 5 nitrogen and oxygen atoms in total. The first-order valence-corrected chi connectivity index (χ1v) is 5.73. The lowest BCUT2D eigenvalue weighted by Gasteiger charge is -2.40. The number of aliphatic carboxylic acids is 1. The zero-order valence-corrected chi connectivity index (χ0v) is 10.1. The van der Waals surface area contributed by atoms with Crippen LogP contribution in [0.25, 0.3) is 0 Å². The molecule has 1 heterocycles. The highest BCUT2D eigenvalue weighted by atomic mass is 16.4. The third-order valence-electron chi connectivity index (χ3n) is 3.19. The Labute approximate surface area is 95.8 Å². The van der Waals surface area contributed by atoms with Gasteiger partial charge in [-0.15, -0.1) is 0 Å². The van der Waals surface area contributed by atoms with Crippen molar-refractivity contribution in [3.63, 3.8) is 0 Å². The van der Waals surface area contributed by atoms with Crippen LogP contribution in [0.4, 0.5) is 0 Å². The number of amides is 1. The van der Waals surface area contributed by atoms with Crippen LogP contribution in [0.1, 0.15) is 27.2 Å². The Balaban J connectivity index is 2.33. The number of nitrogens with zero attached hydrogens (tertiary/aromatic N) is 1. The lowest BCUT2D eigenvalue weighted by molar-refractivity contribution is -0.150. The van der Waals surface area contributed by atoms with Crippen molar-refractivity contribution in [1.29, 1.82) is 0 Å². The van der Waals surface area contributed by atoms with Crippen LogP contribution in [-0.2, 0) is 9.59 Å². The fourth-order valence-electron chi connectivity index (χ4n) is 1.62. The number of likely N-dealkylation sites (tertiary alicyclic amines) is 1. The van der Waals surface area contributed by atoms with Gasteiger partial charge in [-0.25, -0.2) is 0 Å². The standard InChI is InChI=1S/C11H20N2O3/c1-4-7(2)12-10(14)8(3)13-5-9(6-13)11(15)16/h7-9H,4-6H2,1-3H3,(H,12,14)(H,15,16). The van der Waals surface area contributed by atoms with Gasteiger partial charge in [-0.3, -0.25) is 14.5 Å². The highest BCUT2D eigenvalue weighted by Crippen LogP contribution is 2.18. The van der Waals surface area contributed by atoms with Crippen LogP contribution in [0.2, 0.25) is 0 Å². The first-order valence-electron chi connectivity index (χ1n) is 5.73. The van der Waals surface area contributed by atoms with Crippen molar-refractivity contribution in [3.8, 4) is 0 Å². The normalized spacial score (nSPS) is 20.9. The average Bonchev–Trinajstić information content (AvgIpc) is 2.14. The second-order valence-electron chi connectivity index (χ2n) is 4.48. The molecule has 0 aliphatic carbocycles. The maximum atomic E-state index is 11.7. The topological polar surface area (TPSA) is 69.6 Å². The van der Waals surface area contributed by atoms with Crippen molar-refractivity contribution in [2.45, 2.75) is 39.3 Å². The largest absolute Gasteiger partial charge is 0.481 e. The fourth-order valence-corrected chi connectivity index (χ4v) is 1.62. The molecule has 0 spiro atoms. The number of hydrogen-bond acceptors (Lipinski definition) is 3. The molecule has 92 valence electrons. The Hall–Kier alpha value is -1.10. The van der Waals surface area contributed by atoms with Gasteiger partial charge in [0.1, 0.15) is 0 Å². The van der Waals surface area contributed by atoms with E-state index in [4.69, 9.17) is 5.11 Å². The summed E-state index contributed by atoms with van der Waals surface area (Å²) in [4.78, 5) is 24.2. The smallest absolute Gasteiger partial charge is 0.309 e. The highest BCUT2D eigenvalue weighted by molar-refractivity contribution is 5.82. The molecule has 1 amide bonds.